The summed E-state index contributed by atoms with van der Waals surface area (Å²) >= 11 is 0. The molecule has 1 saturated heterocycles. The molecule has 0 aliphatic carbocycles. The van der Waals surface area contributed by atoms with Crippen LogP contribution in [0.3, 0.4) is 0 Å². The third-order valence-electron chi connectivity index (χ3n) is 5.78. The fourth-order valence-electron chi connectivity index (χ4n) is 3.93. The van der Waals surface area contributed by atoms with E-state index in [1.54, 1.807) is 4.90 Å². The number of hydrogen-bond acceptors (Lipinski definition) is 3. The maximum absolute atomic E-state index is 4.72. The van der Waals surface area contributed by atoms with Crippen molar-refractivity contribution in [1.82, 2.24) is 5.01 Å². The van der Waals surface area contributed by atoms with Crippen LogP contribution in [-0.2, 0) is 6.54 Å². The molecule has 0 amide bonds. The SMILES string of the molecule is CCN(CC)c1ccc(/C=N\N2CC[NH+](Cc3ccc(C)cc3C)CC2)cc1. The summed E-state index contributed by atoms with van der Waals surface area (Å²) in [5, 5.41) is 6.93. The third-order valence-corrected chi connectivity index (χ3v) is 5.78. The summed E-state index contributed by atoms with van der Waals surface area (Å²) in [6.45, 7) is 16.3. The van der Waals surface area contributed by atoms with Crippen LogP contribution in [0.5, 0.6) is 0 Å². The van der Waals surface area contributed by atoms with Gasteiger partial charge in [0, 0.05) is 24.3 Å². The molecule has 4 heteroatoms. The molecular formula is C24H35N4+. The van der Waals surface area contributed by atoms with Crippen LogP contribution >= 0.6 is 0 Å². The number of quaternary nitrogens is 1. The van der Waals surface area contributed by atoms with Crippen LogP contribution in [0.15, 0.2) is 47.6 Å². The number of hydrogen-bond donors (Lipinski definition) is 1. The van der Waals surface area contributed by atoms with E-state index in [1.807, 2.05) is 6.21 Å². The maximum Gasteiger partial charge on any atom is 0.103 e. The topological polar surface area (TPSA) is 23.3 Å². The Morgan fingerprint density at radius 3 is 2.29 bits per heavy atom. The van der Waals surface area contributed by atoms with Crippen LogP contribution in [0.2, 0.25) is 0 Å². The van der Waals surface area contributed by atoms with Gasteiger partial charge >= 0.3 is 0 Å². The zero-order chi connectivity index (χ0) is 19.9. The monoisotopic (exact) mass is 379 g/mol. The molecule has 0 spiro atoms. The lowest BCUT2D eigenvalue weighted by atomic mass is 10.1. The largest absolute Gasteiger partial charge is 0.372 e. The number of anilines is 1. The molecule has 3 rings (SSSR count). The Morgan fingerprint density at radius 1 is 1.00 bits per heavy atom. The van der Waals surface area contributed by atoms with E-state index in [0.29, 0.717) is 0 Å². The van der Waals surface area contributed by atoms with Crippen LogP contribution in [0.25, 0.3) is 0 Å². The number of rotatable bonds is 7. The van der Waals surface area contributed by atoms with Gasteiger partial charge in [0.15, 0.2) is 0 Å². The smallest absolute Gasteiger partial charge is 0.103 e. The number of nitrogens with zero attached hydrogens (tertiary/aromatic N) is 3. The normalized spacial score (nSPS) is 15.4. The van der Waals surface area contributed by atoms with Gasteiger partial charge in [0.05, 0.1) is 32.4 Å². The van der Waals surface area contributed by atoms with Crippen LogP contribution in [0.4, 0.5) is 5.69 Å². The molecule has 1 N–H and O–H groups in total. The van der Waals surface area contributed by atoms with Crippen molar-refractivity contribution in [2.45, 2.75) is 34.2 Å². The van der Waals surface area contributed by atoms with Crippen molar-refractivity contribution in [1.29, 1.82) is 0 Å². The minimum Gasteiger partial charge on any atom is -0.372 e. The Labute approximate surface area is 170 Å². The van der Waals surface area contributed by atoms with Crippen molar-refractivity contribution in [3.8, 4) is 0 Å². The Morgan fingerprint density at radius 2 is 1.68 bits per heavy atom. The highest BCUT2D eigenvalue weighted by molar-refractivity contribution is 5.80. The molecule has 1 aliphatic rings. The molecule has 0 radical (unpaired) electrons. The van der Waals surface area contributed by atoms with Crippen LogP contribution in [0.1, 0.15) is 36.1 Å². The Hall–Kier alpha value is -2.33. The molecule has 0 atom stereocenters. The number of aryl methyl sites for hydroxylation is 2. The van der Waals surface area contributed by atoms with Crippen molar-refractivity contribution >= 4 is 11.9 Å². The maximum atomic E-state index is 4.72. The standard InChI is InChI=1S/C24H34N4/c1-5-27(6-2)24-11-8-22(9-12-24)18-25-28-15-13-26(14-16-28)19-23-10-7-20(3)17-21(23)4/h7-12,17-18H,5-6,13-16,19H2,1-4H3/p+1/b25-18-. The first kappa shape index (κ1) is 20.4. The van der Waals surface area contributed by atoms with Gasteiger partial charge in [0.2, 0.25) is 0 Å². The van der Waals surface area contributed by atoms with Crippen molar-refractivity contribution in [2.75, 3.05) is 44.2 Å². The third kappa shape index (κ3) is 5.35. The van der Waals surface area contributed by atoms with Crippen LogP contribution in [0, 0.1) is 13.8 Å². The van der Waals surface area contributed by atoms with Crippen molar-refractivity contribution < 1.29 is 4.90 Å². The van der Waals surface area contributed by atoms with Gasteiger partial charge in [-0.15, -0.1) is 0 Å². The van der Waals surface area contributed by atoms with Gasteiger partial charge < -0.3 is 9.80 Å². The van der Waals surface area contributed by atoms with Crippen molar-refractivity contribution in [3.05, 3.63) is 64.7 Å². The minimum absolute atomic E-state index is 1.02. The lowest BCUT2D eigenvalue weighted by Gasteiger charge is -2.30. The van der Waals surface area contributed by atoms with Crippen molar-refractivity contribution in [2.24, 2.45) is 5.10 Å². The van der Waals surface area contributed by atoms with Crippen LogP contribution in [-0.4, -0.2) is 50.5 Å². The van der Waals surface area contributed by atoms with E-state index >= 15 is 0 Å². The fourth-order valence-corrected chi connectivity index (χ4v) is 3.93. The molecular weight excluding hydrogens is 344 g/mol. The first-order valence-electron chi connectivity index (χ1n) is 10.6. The summed E-state index contributed by atoms with van der Waals surface area (Å²) in [7, 11) is 0. The van der Waals surface area contributed by atoms with E-state index in [-0.39, 0.29) is 0 Å². The van der Waals surface area contributed by atoms with Crippen LogP contribution < -0.4 is 9.80 Å². The zero-order valence-corrected chi connectivity index (χ0v) is 17.9. The summed E-state index contributed by atoms with van der Waals surface area (Å²) in [5.74, 6) is 0. The lowest BCUT2D eigenvalue weighted by molar-refractivity contribution is -0.918. The molecule has 2 aromatic carbocycles. The predicted octanol–water partition coefficient (Wildman–Crippen LogP) is 2.88. The summed E-state index contributed by atoms with van der Waals surface area (Å²) in [6.07, 6.45) is 2.00. The average Bonchev–Trinajstić information content (AvgIpc) is 2.71. The molecule has 28 heavy (non-hydrogen) atoms. The molecule has 0 aromatic heterocycles. The molecule has 2 aromatic rings. The summed E-state index contributed by atoms with van der Waals surface area (Å²) < 4.78 is 0. The van der Waals surface area contributed by atoms with Gasteiger partial charge in [-0.2, -0.15) is 5.10 Å². The molecule has 4 nitrogen and oxygen atoms in total. The van der Waals surface area contributed by atoms with E-state index in [2.05, 4.69) is 80.1 Å². The average molecular weight is 380 g/mol. The second-order valence-corrected chi connectivity index (χ2v) is 7.82. The number of benzene rings is 2. The molecule has 0 bridgehead atoms. The number of nitrogens with one attached hydrogen (secondary N) is 1. The van der Waals surface area contributed by atoms with Gasteiger partial charge in [-0.1, -0.05) is 35.9 Å². The molecule has 1 heterocycles. The van der Waals surface area contributed by atoms with Gasteiger partial charge in [-0.05, 0) is 51.0 Å². The first-order valence-corrected chi connectivity index (χ1v) is 10.6. The number of piperazine rings is 1. The minimum atomic E-state index is 1.02. The summed E-state index contributed by atoms with van der Waals surface area (Å²) in [4.78, 5) is 4.01. The molecule has 0 unspecified atom stereocenters. The second kappa shape index (κ2) is 9.74. The van der Waals surface area contributed by atoms with E-state index in [1.165, 1.54) is 27.9 Å². The number of hydrazone groups is 1. The Kier molecular flexibility index (Phi) is 7.10. The molecule has 150 valence electrons. The quantitative estimate of drug-likeness (QED) is 0.748. The highest BCUT2D eigenvalue weighted by Crippen LogP contribution is 2.14. The first-order chi connectivity index (χ1) is 13.6. The van der Waals surface area contributed by atoms with Crippen molar-refractivity contribution in [3.63, 3.8) is 0 Å². The van der Waals surface area contributed by atoms with Gasteiger partial charge in [-0.3, -0.25) is 5.01 Å². The van der Waals surface area contributed by atoms with Gasteiger partial charge in [-0.25, -0.2) is 0 Å². The van der Waals surface area contributed by atoms with Gasteiger partial charge in [0.25, 0.3) is 0 Å². The highest BCUT2D eigenvalue weighted by atomic mass is 15.5. The summed E-state index contributed by atoms with van der Waals surface area (Å²) in [5.41, 5.74) is 6.69. The summed E-state index contributed by atoms with van der Waals surface area (Å²) in [6, 6.07) is 15.5. The Bertz CT molecular complexity index is 770. The molecule has 0 saturated carbocycles. The van der Waals surface area contributed by atoms with E-state index in [0.717, 1.165) is 45.8 Å². The fraction of sp³-hybridized carbons (Fsp3) is 0.458. The molecule has 1 fully saturated rings. The second-order valence-electron chi connectivity index (χ2n) is 7.82. The predicted molar refractivity (Wildman–Crippen MR) is 119 cm³/mol. The van der Waals surface area contributed by atoms with E-state index < -0.39 is 0 Å². The Balaban J connectivity index is 1.49. The van der Waals surface area contributed by atoms with E-state index in [9.17, 15) is 0 Å². The zero-order valence-electron chi connectivity index (χ0n) is 17.9. The van der Waals surface area contributed by atoms with E-state index in [4.69, 9.17) is 5.10 Å². The molecule has 1 aliphatic heterocycles. The lowest BCUT2D eigenvalue weighted by Crippen LogP contribution is -3.13. The van der Waals surface area contributed by atoms with Gasteiger partial charge in [0.1, 0.15) is 6.54 Å². The highest BCUT2D eigenvalue weighted by Gasteiger charge is 2.19.